The Bertz CT molecular complexity index is 289. The summed E-state index contributed by atoms with van der Waals surface area (Å²) >= 11 is 0. The first-order valence-electron chi connectivity index (χ1n) is 4.97. The van der Waals surface area contributed by atoms with Gasteiger partial charge in [-0.15, -0.1) is 0 Å². The first kappa shape index (κ1) is 11.2. The first-order valence-corrected chi connectivity index (χ1v) is 4.97. The molecule has 0 atom stereocenters. The number of rotatable bonds is 3. The molecule has 1 rings (SSSR count). The smallest absolute Gasteiger partial charge is 0.126 e. The van der Waals surface area contributed by atoms with E-state index in [0.717, 1.165) is 18.5 Å². The van der Waals surface area contributed by atoms with Crippen LogP contribution in [0, 0.1) is 5.82 Å². The maximum atomic E-state index is 13.2. The highest BCUT2D eigenvalue weighted by molar-refractivity contribution is 5.17. The molecule has 14 heavy (non-hydrogen) atoms. The number of benzene rings is 1. The maximum Gasteiger partial charge on any atom is 0.126 e. The fourth-order valence-electron chi connectivity index (χ4n) is 1.27. The van der Waals surface area contributed by atoms with E-state index in [1.807, 2.05) is 12.1 Å². The van der Waals surface area contributed by atoms with Gasteiger partial charge in [0, 0.05) is 5.54 Å². The second kappa shape index (κ2) is 4.56. The van der Waals surface area contributed by atoms with E-state index in [2.05, 4.69) is 26.1 Å². The van der Waals surface area contributed by atoms with E-state index in [1.54, 1.807) is 6.07 Å². The van der Waals surface area contributed by atoms with Gasteiger partial charge in [0.15, 0.2) is 0 Å². The van der Waals surface area contributed by atoms with Crippen molar-refractivity contribution in [2.75, 3.05) is 6.54 Å². The molecule has 78 valence electrons. The van der Waals surface area contributed by atoms with Crippen LogP contribution in [-0.2, 0) is 6.42 Å². The highest BCUT2D eigenvalue weighted by atomic mass is 19.1. The summed E-state index contributed by atoms with van der Waals surface area (Å²) in [5.74, 6) is -0.108. The summed E-state index contributed by atoms with van der Waals surface area (Å²) in [6.45, 7) is 7.13. The summed E-state index contributed by atoms with van der Waals surface area (Å²) in [6.07, 6.45) is 0.740. The lowest BCUT2D eigenvalue weighted by atomic mass is 10.1. The van der Waals surface area contributed by atoms with Gasteiger partial charge in [0.25, 0.3) is 0 Å². The third kappa shape index (κ3) is 3.88. The topological polar surface area (TPSA) is 12.0 Å². The predicted molar refractivity (Wildman–Crippen MR) is 57.9 cm³/mol. The molecule has 0 saturated heterocycles. The van der Waals surface area contributed by atoms with Crippen molar-refractivity contribution in [3.05, 3.63) is 35.6 Å². The van der Waals surface area contributed by atoms with Gasteiger partial charge in [0.2, 0.25) is 0 Å². The Morgan fingerprint density at radius 1 is 1.21 bits per heavy atom. The lowest BCUT2D eigenvalue weighted by Crippen LogP contribution is -2.37. The van der Waals surface area contributed by atoms with Gasteiger partial charge in [-0.25, -0.2) is 4.39 Å². The van der Waals surface area contributed by atoms with Gasteiger partial charge in [-0.3, -0.25) is 0 Å². The second-order valence-electron chi connectivity index (χ2n) is 4.52. The minimum atomic E-state index is -0.108. The summed E-state index contributed by atoms with van der Waals surface area (Å²) in [7, 11) is 0. The molecule has 1 aromatic rings. The minimum Gasteiger partial charge on any atom is -0.312 e. The van der Waals surface area contributed by atoms with Crippen molar-refractivity contribution in [3.8, 4) is 0 Å². The molecule has 0 fully saturated rings. The van der Waals surface area contributed by atoms with Crippen LogP contribution in [0.4, 0.5) is 4.39 Å². The van der Waals surface area contributed by atoms with Gasteiger partial charge in [0.1, 0.15) is 5.82 Å². The Labute approximate surface area is 85.3 Å². The molecule has 0 unspecified atom stereocenters. The quantitative estimate of drug-likeness (QED) is 0.782. The molecule has 1 aromatic carbocycles. The van der Waals surface area contributed by atoms with Crippen LogP contribution in [0.2, 0.25) is 0 Å². The highest BCUT2D eigenvalue weighted by Crippen LogP contribution is 2.07. The molecule has 1 N–H and O–H groups in total. The largest absolute Gasteiger partial charge is 0.312 e. The average Bonchev–Trinajstić information content (AvgIpc) is 2.06. The Morgan fingerprint density at radius 3 is 2.43 bits per heavy atom. The van der Waals surface area contributed by atoms with Crippen LogP contribution in [0.25, 0.3) is 0 Å². The van der Waals surface area contributed by atoms with Gasteiger partial charge in [0.05, 0.1) is 0 Å². The van der Waals surface area contributed by atoms with Crippen molar-refractivity contribution in [1.82, 2.24) is 5.32 Å². The Kier molecular flexibility index (Phi) is 3.64. The van der Waals surface area contributed by atoms with Crippen molar-refractivity contribution >= 4 is 0 Å². The molecule has 0 spiro atoms. The van der Waals surface area contributed by atoms with E-state index in [1.165, 1.54) is 6.07 Å². The third-order valence-corrected chi connectivity index (χ3v) is 2.01. The molecule has 2 heteroatoms. The zero-order chi connectivity index (χ0) is 10.6. The number of halogens is 1. The maximum absolute atomic E-state index is 13.2. The third-order valence-electron chi connectivity index (χ3n) is 2.01. The molecule has 0 heterocycles. The lowest BCUT2D eigenvalue weighted by molar-refractivity contribution is 0.427. The molecule has 0 amide bonds. The summed E-state index contributed by atoms with van der Waals surface area (Å²) in [6, 6.07) is 6.93. The first-order chi connectivity index (χ1) is 6.49. The van der Waals surface area contributed by atoms with Crippen LogP contribution < -0.4 is 5.32 Å². The Hall–Kier alpha value is -0.890. The number of hydrogen-bond acceptors (Lipinski definition) is 1. The van der Waals surface area contributed by atoms with Gasteiger partial charge >= 0.3 is 0 Å². The molecule has 0 aliphatic heterocycles. The molecule has 0 aliphatic rings. The lowest BCUT2D eigenvalue weighted by Gasteiger charge is -2.20. The molecular weight excluding hydrogens is 177 g/mol. The van der Waals surface area contributed by atoms with E-state index < -0.39 is 0 Å². The Morgan fingerprint density at radius 2 is 1.86 bits per heavy atom. The molecule has 0 saturated carbocycles. The Balaban J connectivity index is 2.43. The summed E-state index contributed by atoms with van der Waals surface area (Å²) < 4.78 is 13.2. The normalized spacial score (nSPS) is 11.7. The minimum absolute atomic E-state index is 0.102. The van der Waals surface area contributed by atoms with Crippen LogP contribution in [0.15, 0.2) is 24.3 Å². The molecular formula is C12H18FN. The summed E-state index contributed by atoms with van der Waals surface area (Å²) in [5, 5.41) is 3.33. The fraction of sp³-hybridized carbons (Fsp3) is 0.500. The van der Waals surface area contributed by atoms with Crippen LogP contribution in [0.5, 0.6) is 0 Å². The van der Waals surface area contributed by atoms with Gasteiger partial charge in [-0.2, -0.15) is 0 Å². The average molecular weight is 195 g/mol. The van der Waals surface area contributed by atoms with Crippen LogP contribution >= 0.6 is 0 Å². The van der Waals surface area contributed by atoms with Gasteiger partial charge < -0.3 is 5.32 Å². The van der Waals surface area contributed by atoms with E-state index in [-0.39, 0.29) is 11.4 Å². The summed E-state index contributed by atoms with van der Waals surface area (Å²) in [5.41, 5.74) is 0.884. The van der Waals surface area contributed by atoms with E-state index in [0.29, 0.717) is 0 Å². The van der Waals surface area contributed by atoms with Crippen molar-refractivity contribution in [3.63, 3.8) is 0 Å². The van der Waals surface area contributed by atoms with Crippen molar-refractivity contribution in [2.24, 2.45) is 0 Å². The van der Waals surface area contributed by atoms with Crippen LogP contribution in [0.1, 0.15) is 26.3 Å². The van der Waals surface area contributed by atoms with Gasteiger partial charge in [-0.1, -0.05) is 18.2 Å². The highest BCUT2D eigenvalue weighted by Gasteiger charge is 2.08. The molecule has 0 radical (unpaired) electrons. The van der Waals surface area contributed by atoms with Crippen molar-refractivity contribution in [2.45, 2.75) is 32.7 Å². The SMILES string of the molecule is CC(C)(C)NCCc1ccccc1F. The van der Waals surface area contributed by atoms with Crippen LogP contribution in [-0.4, -0.2) is 12.1 Å². The van der Waals surface area contributed by atoms with Crippen molar-refractivity contribution in [1.29, 1.82) is 0 Å². The number of hydrogen-bond donors (Lipinski definition) is 1. The summed E-state index contributed by atoms with van der Waals surface area (Å²) in [4.78, 5) is 0. The van der Waals surface area contributed by atoms with E-state index in [4.69, 9.17) is 0 Å². The van der Waals surface area contributed by atoms with Crippen molar-refractivity contribution < 1.29 is 4.39 Å². The monoisotopic (exact) mass is 195 g/mol. The van der Waals surface area contributed by atoms with Crippen LogP contribution in [0.3, 0.4) is 0 Å². The van der Waals surface area contributed by atoms with E-state index >= 15 is 0 Å². The van der Waals surface area contributed by atoms with E-state index in [9.17, 15) is 4.39 Å². The second-order valence-corrected chi connectivity index (χ2v) is 4.52. The molecule has 0 aromatic heterocycles. The fourth-order valence-corrected chi connectivity index (χ4v) is 1.27. The standard InChI is InChI=1S/C12H18FN/c1-12(2,3)14-9-8-10-6-4-5-7-11(10)13/h4-7,14H,8-9H2,1-3H3. The number of nitrogens with one attached hydrogen (secondary N) is 1. The zero-order valence-electron chi connectivity index (χ0n) is 9.10. The predicted octanol–water partition coefficient (Wildman–Crippen LogP) is 2.76. The zero-order valence-corrected chi connectivity index (χ0v) is 9.10. The molecule has 0 bridgehead atoms. The molecule has 0 aliphatic carbocycles. The van der Waals surface area contributed by atoms with Gasteiger partial charge in [-0.05, 0) is 45.4 Å². The molecule has 1 nitrogen and oxygen atoms in total.